The third-order valence-corrected chi connectivity index (χ3v) is 3.22. The van der Waals surface area contributed by atoms with Crippen molar-refractivity contribution < 1.29 is 4.79 Å². The quantitative estimate of drug-likeness (QED) is 0.835. The molecule has 1 aromatic heterocycles. The number of nitrogens with one attached hydrogen (secondary N) is 1. The molecule has 0 saturated carbocycles. The lowest BCUT2D eigenvalue weighted by Crippen LogP contribution is -2.47. The van der Waals surface area contributed by atoms with Crippen molar-refractivity contribution in [2.45, 2.75) is 25.8 Å². The van der Waals surface area contributed by atoms with Gasteiger partial charge in [0.1, 0.15) is 5.69 Å². The Hall–Kier alpha value is -1.42. The van der Waals surface area contributed by atoms with Crippen molar-refractivity contribution in [3.05, 3.63) is 29.6 Å². The Labute approximate surface area is 102 Å². The smallest absolute Gasteiger partial charge is 0.272 e. The van der Waals surface area contributed by atoms with Crippen molar-refractivity contribution in [1.82, 2.24) is 15.2 Å². The number of pyridine rings is 1. The Morgan fingerprint density at radius 2 is 2.35 bits per heavy atom. The molecule has 4 nitrogen and oxygen atoms in total. The van der Waals surface area contributed by atoms with Gasteiger partial charge in [-0.2, -0.15) is 0 Å². The molecule has 0 aromatic carbocycles. The number of rotatable bonds is 2. The minimum Gasteiger partial charge on any atom is -0.336 e. The maximum absolute atomic E-state index is 12.2. The fraction of sp³-hybridized carbons (Fsp3) is 0.538. The van der Waals surface area contributed by atoms with Gasteiger partial charge in [-0.3, -0.25) is 4.79 Å². The maximum Gasteiger partial charge on any atom is 0.272 e. The lowest BCUT2D eigenvalue weighted by Gasteiger charge is -2.32. The van der Waals surface area contributed by atoms with Crippen molar-refractivity contribution in [3.63, 3.8) is 0 Å². The van der Waals surface area contributed by atoms with Crippen LogP contribution < -0.4 is 5.32 Å². The number of carbonyl (C=O) groups is 1. The van der Waals surface area contributed by atoms with Gasteiger partial charge in [-0.15, -0.1) is 0 Å². The van der Waals surface area contributed by atoms with E-state index in [0.717, 1.165) is 31.6 Å². The summed E-state index contributed by atoms with van der Waals surface area (Å²) in [5.74, 6) is 0.0497. The SMILES string of the molecule is CN[C@H]1CCCN(C(=O)c2cccc(C)n2)C1. The van der Waals surface area contributed by atoms with E-state index in [-0.39, 0.29) is 5.91 Å². The van der Waals surface area contributed by atoms with Crippen LogP contribution in [0.1, 0.15) is 29.0 Å². The number of nitrogens with zero attached hydrogens (tertiary/aromatic N) is 2. The molecule has 1 atom stereocenters. The molecule has 1 N–H and O–H groups in total. The first-order valence-electron chi connectivity index (χ1n) is 6.11. The fourth-order valence-electron chi connectivity index (χ4n) is 2.22. The highest BCUT2D eigenvalue weighted by atomic mass is 16.2. The van der Waals surface area contributed by atoms with Gasteiger partial charge in [0.25, 0.3) is 5.91 Å². The number of hydrogen-bond donors (Lipinski definition) is 1. The predicted molar refractivity (Wildman–Crippen MR) is 67.0 cm³/mol. The van der Waals surface area contributed by atoms with E-state index < -0.39 is 0 Å². The molecule has 0 aliphatic carbocycles. The van der Waals surface area contributed by atoms with Gasteiger partial charge in [-0.25, -0.2) is 4.98 Å². The summed E-state index contributed by atoms with van der Waals surface area (Å²) in [5, 5.41) is 3.24. The molecule has 4 heteroatoms. The van der Waals surface area contributed by atoms with Gasteiger partial charge in [-0.05, 0) is 38.9 Å². The number of aromatic nitrogens is 1. The maximum atomic E-state index is 12.2. The lowest BCUT2D eigenvalue weighted by atomic mass is 10.1. The molecule has 0 bridgehead atoms. The van der Waals surface area contributed by atoms with E-state index >= 15 is 0 Å². The molecule has 1 aliphatic rings. The zero-order valence-corrected chi connectivity index (χ0v) is 10.4. The van der Waals surface area contributed by atoms with Gasteiger partial charge >= 0.3 is 0 Å². The van der Waals surface area contributed by atoms with E-state index in [1.807, 2.05) is 31.0 Å². The molecule has 1 amide bonds. The van der Waals surface area contributed by atoms with E-state index in [2.05, 4.69) is 10.3 Å². The number of carbonyl (C=O) groups excluding carboxylic acids is 1. The van der Waals surface area contributed by atoms with Crippen LogP contribution in [0.3, 0.4) is 0 Å². The third-order valence-electron chi connectivity index (χ3n) is 3.22. The van der Waals surface area contributed by atoms with Crippen molar-refractivity contribution in [2.75, 3.05) is 20.1 Å². The third kappa shape index (κ3) is 2.82. The zero-order valence-electron chi connectivity index (χ0n) is 10.4. The second-order valence-electron chi connectivity index (χ2n) is 4.54. The van der Waals surface area contributed by atoms with E-state index in [9.17, 15) is 4.79 Å². The summed E-state index contributed by atoms with van der Waals surface area (Å²) < 4.78 is 0. The van der Waals surface area contributed by atoms with Crippen LogP contribution in [0.25, 0.3) is 0 Å². The van der Waals surface area contributed by atoms with Crippen LogP contribution in [-0.4, -0.2) is 42.0 Å². The molecule has 0 radical (unpaired) electrons. The highest BCUT2D eigenvalue weighted by molar-refractivity contribution is 5.92. The van der Waals surface area contributed by atoms with Crippen LogP contribution in [-0.2, 0) is 0 Å². The number of aryl methyl sites for hydroxylation is 1. The van der Waals surface area contributed by atoms with Crippen LogP contribution >= 0.6 is 0 Å². The first kappa shape index (κ1) is 12.0. The largest absolute Gasteiger partial charge is 0.336 e. The van der Waals surface area contributed by atoms with Gasteiger partial charge < -0.3 is 10.2 Å². The highest BCUT2D eigenvalue weighted by Gasteiger charge is 2.24. The average Bonchev–Trinajstić information content (AvgIpc) is 2.38. The lowest BCUT2D eigenvalue weighted by molar-refractivity contribution is 0.0692. The second-order valence-corrected chi connectivity index (χ2v) is 4.54. The van der Waals surface area contributed by atoms with Gasteiger partial charge in [0.15, 0.2) is 0 Å². The first-order chi connectivity index (χ1) is 8.20. The zero-order chi connectivity index (χ0) is 12.3. The summed E-state index contributed by atoms with van der Waals surface area (Å²) >= 11 is 0. The van der Waals surface area contributed by atoms with E-state index in [0.29, 0.717) is 11.7 Å². The Morgan fingerprint density at radius 1 is 1.53 bits per heavy atom. The molecule has 2 heterocycles. The molecule has 1 saturated heterocycles. The van der Waals surface area contributed by atoms with Gasteiger partial charge in [0, 0.05) is 24.8 Å². The number of likely N-dealkylation sites (tertiary alicyclic amines) is 1. The van der Waals surface area contributed by atoms with E-state index in [4.69, 9.17) is 0 Å². The Bertz CT molecular complexity index is 405. The Kier molecular flexibility index (Phi) is 3.74. The second kappa shape index (κ2) is 5.27. The molecule has 92 valence electrons. The number of hydrogen-bond acceptors (Lipinski definition) is 3. The summed E-state index contributed by atoms with van der Waals surface area (Å²) in [6.45, 7) is 3.53. The van der Waals surface area contributed by atoms with Crippen molar-refractivity contribution in [2.24, 2.45) is 0 Å². The van der Waals surface area contributed by atoms with Crippen molar-refractivity contribution in [3.8, 4) is 0 Å². The van der Waals surface area contributed by atoms with E-state index in [1.165, 1.54) is 0 Å². The molecular weight excluding hydrogens is 214 g/mol. The van der Waals surface area contributed by atoms with Crippen molar-refractivity contribution >= 4 is 5.91 Å². The van der Waals surface area contributed by atoms with Gasteiger partial charge in [0.2, 0.25) is 0 Å². The molecular formula is C13H19N3O. The Balaban J connectivity index is 2.09. The minimum absolute atomic E-state index is 0.0497. The summed E-state index contributed by atoms with van der Waals surface area (Å²) in [6.07, 6.45) is 2.20. The molecule has 1 aromatic rings. The fourth-order valence-corrected chi connectivity index (χ4v) is 2.22. The average molecular weight is 233 g/mol. The van der Waals surface area contributed by atoms with Crippen molar-refractivity contribution in [1.29, 1.82) is 0 Å². The van der Waals surface area contributed by atoms with Gasteiger partial charge in [0.05, 0.1) is 0 Å². The topological polar surface area (TPSA) is 45.2 Å². The molecule has 0 unspecified atom stereocenters. The monoisotopic (exact) mass is 233 g/mol. The number of likely N-dealkylation sites (N-methyl/N-ethyl adjacent to an activating group) is 1. The normalized spacial score (nSPS) is 20.4. The van der Waals surface area contributed by atoms with Crippen LogP contribution in [0.5, 0.6) is 0 Å². The summed E-state index contributed by atoms with van der Waals surface area (Å²) in [6, 6.07) is 5.99. The summed E-state index contributed by atoms with van der Waals surface area (Å²) in [4.78, 5) is 18.4. The van der Waals surface area contributed by atoms with Crippen LogP contribution in [0.2, 0.25) is 0 Å². The molecule has 17 heavy (non-hydrogen) atoms. The molecule has 2 rings (SSSR count). The Morgan fingerprint density at radius 3 is 3.06 bits per heavy atom. The number of amides is 1. The van der Waals surface area contributed by atoms with Gasteiger partial charge in [-0.1, -0.05) is 6.07 Å². The predicted octanol–water partition coefficient (Wildman–Crippen LogP) is 1.21. The first-order valence-corrected chi connectivity index (χ1v) is 6.11. The van der Waals surface area contributed by atoms with Crippen LogP contribution in [0.4, 0.5) is 0 Å². The minimum atomic E-state index is 0.0497. The molecule has 1 fully saturated rings. The summed E-state index contributed by atoms with van der Waals surface area (Å²) in [5.41, 5.74) is 1.44. The van der Waals surface area contributed by atoms with E-state index in [1.54, 1.807) is 6.07 Å². The highest BCUT2D eigenvalue weighted by Crippen LogP contribution is 2.12. The molecule has 0 spiro atoms. The van der Waals surface area contributed by atoms with Crippen LogP contribution in [0.15, 0.2) is 18.2 Å². The number of piperidine rings is 1. The molecule has 1 aliphatic heterocycles. The van der Waals surface area contributed by atoms with Crippen LogP contribution in [0, 0.1) is 6.92 Å². The summed E-state index contributed by atoms with van der Waals surface area (Å²) in [7, 11) is 1.95. The standard InChI is InChI=1S/C13H19N3O/c1-10-5-3-7-12(15-10)13(17)16-8-4-6-11(9-16)14-2/h3,5,7,11,14H,4,6,8-9H2,1-2H3/t11-/m0/s1.